The Balaban J connectivity index is 1.61. The summed E-state index contributed by atoms with van der Waals surface area (Å²) in [5.74, 6) is 0.243. The number of ketones is 1. The largest absolute Gasteiger partial charge is 0.484 e. The van der Waals surface area contributed by atoms with Crippen molar-refractivity contribution < 1.29 is 14.3 Å². The fraction of sp³-hybridized carbons (Fsp3) is 0.0833. The first kappa shape index (κ1) is 19.1. The average molecular weight is 371 g/mol. The number of nitrogens with one attached hydrogen (secondary N) is 1. The third-order valence-electron chi connectivity index (χ3n) is 4.23. The molecule has 140 valence electrons. The Morgan fingerprint density at radius 2 is 1.50 bits per heavy atom. The minimum absolute atomic E-state index is 0.0529. The van der Waals surface area contributed by atoms with Crippen LogP contribution in [0.3, 0.4) is 0 Å². The molecule has 3 rings (SSSR count). The van der Waals surface area contributed by atoms with E-state index >= 15 is 0 Å². The molecule has 0 atom stereocenters. The highest BCUT2D eigenvalue weighted by Crippen LogP contribution is 2.20. The monoisotopic (exact) mass is 371 g/mol. The molecule has 0 unspecified atom stereocenters. The molecular formula is C24H21NO3. The van der Waals surface area contributed by atoms with Gasteiger partial charge < -0.3 is 10.1 Å². The summed E-state index contributed by atoms with van der Waals surface area (Å²) in [6, 6.07) is 24.9. The van der Waals surface area contributed by atoms with Gasteiger partial charge in [0.2, 0.25) is 0 Å². The molecular weight excluding hydrogens is 350 g/mol. The summed E-state index contributed by atoms with van der Waals surface area (Å²) >= 11 is 0. The number of rotatable bonds is 7. The molecule has 1 N–H and O–H groups in total. The fourth-order valence-corrected chi connectivity index (χ4v) is 2.62. The second-order valence-corrected chi connectivity index (χ2v) is 6.17. The van der Waals surface area contributed by atoms with E-state index in [9.17, 15) is 9.59 Å². The van der Waals surface area contributed by atoms with Crippen LogP contribution in [-0.4, -0.2) is 25.3 Å². The topological polar surface area (TPSA) is 55.4 Å². The molecule has 1 amide bonds. The van der Waals surface area contributed by atoms with Crippen molar-refractivity contribution in [3.63, 3.8) is 0 Å². The van der Waals surface area contributed by atoms with Crippen molar-refractivity contribution in [3.8, 4) is 16.9 Å². The number of allylic oxidation sites excluding steroid dienone is 1. The van der Waals surface area contributed by atoms with E-state index < -0.39 is 0 Å². The Kier molecular flexibility index (Phi) is 6.37. The van der Waals surface area contributed by atoms with Crippen LogP contribution in [0.4, 0.5) is 0 Å². The Morgan fingerprint density at radius 1 is 0.857 bits per heavy atom. The summed E-state index contributed by atoms with van der Waals surface area (Å²) in [5, 5.41) is 2.48. The molecule has 3 aromatic rings. The van der Waals surface area contributed by atoms with Gasteiger partial charge in [0.15, 0.2) is 12.4 Å². The molecule has 0 aliphatic heterocycles. The molecule has 0 heterocycles. The van der Waals surface area contributed by atoms with E-state index in [1.165, 1.54) is 0 Å². The highest BCUT2D eigenvalue weighted by atomic mass is 16.5. The van der Waals surface area contributed by atoms with Gasteiger partial charge in [0, 0.05) is 12.6 Å². The number of benzene rings is 3. The summed E-state index contributed by atoms with van der Waals surface area (Å²) in [7, 11) is 1.55. The lowest BCUT2D eigenvalue weighted by atomic mass is 10.0. The standard InChI is InChI=1S/C24H21NO3/c1-25-24(27)17-28-22-14-12-21(13-15-22)23(26)16-9-18-7-10-20(11-8-18)19-5-3-2-4-6-19/h2-16H,17H2,1H3,(H,25,27)/b16-9+. The number of ether oxygens (including phenoxy) is 1. The molecule has 0 aromatic heterocycles. The van der Waals surface area contributed by atoms with E-state index in [-0.39, 0.29) is 18.3 Å². The molecule has 0 spiro atoms. The van der Waals surface area contributed by atoms with Crippen LogP contribution in [0.25, 0.3) is 17.2 Å². The number of carbonyl (C=O) groups is 2. The minimum atomic E-state index is -0.207. The van der Waals surface area contributed by atoms with Crippen molar-refractivity contribution >= 4 is 17.8 Å². The van der Waals surface area contributed by atoms with Gasteiger partial charge in [0.25, 0.3) is 5.91 Å². The van der Waals surface area contributed by atoms with Gasteiger partial charge in [-0.2, -0.15) is 0 Å². The zero-order valence-electron chi connectivity index (χ0n) is 15.6. The van der Waals surface area contributed by atoms with E-state index in [1.807, 2.05) is 42.5 Å². The SMILES string of the molecule is CNC(=O)COc1ccc(C(=O)/C=C/c2ccc(-c3ccccc3)cc2)cc1. The Hall–Kier alpha value is -3.66. The molecule has 4 heteroatoms. The number of likely N-dealkylation sites (N-methyl/N-ethyl adjacent to an activating group) is 1. The highest BCUT2D eigenvalue weighted by Gasteiger charge is 2.04. The summed E-state index contributed by atoms with van der Waals surface area (Å²) in [6.07, 6.45) is 3.35. The van der Waals surface area contributed by atoms with Gasteiger partial charge in [-0.25, -0.2) is 0 Å². The first-order chi connectivity index (χ1) is 13.7. The van der Waals surface area contributed by atoms with Crippen LogP contribution >= 0.6 is 0 Å². The predicted octanol–water partition coefficient (Wildman–Crippen LogP) is 4.37. The molecule has 4 nitrogen and oxygen atoms in total. The van der Waals surface area contributed by atoms with Gasteiger partial charge in [0.05, 0.1) is 0 Å². The quantitative estimate of drug-likeness (QED) is 0.495. The van der Waals surface area contributed by atoms with E-state index in [2.05, 4.69) is 17.4 Å². The third kappa shape index (κ3) is 5.17. The number of carbonyl (C=O) groups excluding carboxylic acids is 2. The zero-order valence-corrected chi connectivity index (χ0v) is 15.6. The van der Waals surface area contributed by atoms with Gasteiger partial charge >= 0.3 is 0 Å². The molecule has 0 radical (unpaired) electrons. The van der Waals surface area contributed by atoms with Crippen LogP contribution in [0, 0.1) is 0 Å². The summed E-state index contributed by atoms with van der Waals surface area (Å²) in [4.78, 5) is 23.5. The lowest BCUT2D eigenvalue weighted by Crippen LogP contribution is -2.24. The lowest BCUT2D eigenvalue weighted by molar-refractivity contribution is -0.122. The number of hydrogen-bond donors (Lipinski definition) is 1. The average Bonchev–Trinajstić information content (AvgIpc) is 2.77. The van der Waals surface area contributed by atoms with Gasteiger partial charge in [-0.3, -0.25) is 9.59 Å². The maximum absolute atomic E-state index is 12.3. The predicted molar refractivity (Wildman–Crippen MR) is 111 cm³/mol. The maximum Gasteiger partial charge on any atom is 0.257 e. The van der Waals surface area contributed by atoms with E-state index in [4.69, 9.17) is 4.74 Å². The van der Waals surface area contributed by atoms with Crippen molar-refractivity contribution in [3.05, 3.63) is 96.1 Å². The molecule has 28 heavy (non-hydrogen) atoms. The molecule has 0 saturated heterocycles. The summed E-state index contributed by atoms with van der Waals surface area (Å²) in [5.41, 5.74) is 3.81. The molecule has 0 aliphatic rings. The van der Waals surface area contributed by atoms with Gasteiger partial charge in [-0.05, 0) is 47.0 Å². The molecule has 3 aromatic carbocycles. The van der Waals surface area contributed by atoms with Crippen molar-refractivity contribution in [2.45, 2.75) is 0 Å². The third-order valence-corrected chi connectivity index (χ3v) is 4.23. The van der Waals surface area contributed by atoms with Gasteiger partial charge in [0.1, 0.15) is 5.75 Å². The normalized spacial score (nSPS) is 10.6. The Morgan fingerprint density at radius 3 is 2.14 bits per heavy atom. The molecule has 0 bridgehead atoms. The first-order valence-corrected chi connectivity index (χ1v) is 8.97. The van der Waals surface area contributed by atoms with Crippen LogP contribution in [0.15, 0.2) is 84.9 Å². The zero-order chi connectivity index (χ0) is 19.8. The van der Waals surface area contributed by atoms with Gasteiger partial charge in [-0.15, -0.1) is 0 Å². The van der Waals surface area contributed by atoms with E-state index in [1.54, 1.807) is 43.5 Å². The lowest BCUT2D eigenvalue weighted by Gasteiger charge is -2.05. The highest BCUT2D eigenvalue weighted by molar-refractivity contribution is 6.06. The maximum atomic E-state index is 12.3. The van der Waals surface area contributed by atoms with Crippen molar-refractivity contribution in [2.24, 2.45) is 0 Å². The van der Waals surface area contributed by atoms with E-state index in [0.29, 0.717) is 11.3 Å². The number of amides is 1. The first-order valence-electron chi connectivity index (χ1n) is 8.97. The summed E-state index contributed by atoms with van der Waals surface area (Å²) in [6.45, 7) is -0.0529. The van der Waals surface area contributed by atoms with Crippen molar-refractivity contribution in [1.29, 1.82) is 0 Å². The van der Waals surface area contributed by atoms with Crippen molar-refractivity contribution in [2.75, 3.05) is 13.7 Å². The van der Waals surface area contributed by atoms with Crippen LogP contribution < -0.4 is 10.1 Å². The smallest absolute Gasteiger partial charge is 0.257 e. The second-order valence-electron chi connectivity index (χ2n) is 6.17. The fourth-order valence-electron chi connectivity index (χ4n) is 2.62. The van der Waals surface area contributed by atoms with Gasteiger partial charge in [-0.1, -0.05) is 60.7 Å². The number of hydrogen-bond acceptors (Lipinski definition) is 3. The van der Waals surface area contributed by atoms with Crippen LogP contribution in [0.1, 0.15) is 15.9 Å². The molecule has 0 saturated carbocycles. The van der Waals surface area contributed by atoms with Crippen molar-refractivity contribution in [1.82, 2.24) is 5.32 Å². The van der Waals surface area contributed by atoms with Crippen LogP contribution in [0.5, 0.6) is 5.75 Å². The Bertz CT molecular complexity index is 959. The molecule has 0 fully saturated rings. The summed E-state index contributed by atoms with van der Waals surface area (Å²) < 4.78 is 5.33. The molecule has 0 aliphatic carbocycles. The second kappa shape index (κ2) is 9.33. The van der Waals surface area contributed by atoms with Crippen LogP contribution in [-0.2, 0) is 4.79 Å². The van der Waals surface area contributed by atoms with Crippen LogP contribution in [0.2, 0.25) is 0 Å². The van der Waals surface area contributed by atoms with E-state index in [0.717, 1.165) is 16.7 Å². The Labute approximate surface area is 164 Å². The minimum Gasteiger partial charge on any atom is -0.484 e.